The van der Waals surface area contributed by atoms with E-state index in [4.69, 9.17) is 24.7 Å². The van der Waals surface area contributed by atoms with Gasteiger partial charge in [0.05, 0.1) is 0 Å². The normalized spacial score (nSPS) is 28.8. The maximum Gasteiger partial charge on any atom is 0.330 e. The number of ether oxygens (including phenoxy) is 4. The summed E-state index contributed by atoms with van der Waals surface area (Å²) in [7, 11) is 1.20. The second kappa shape index (κ2) is 12.1. The van der Waals surface area contributed by atoms with Crippen LogP contribution in [0.3, 0.4) is 0 Å². The predicted octanol–water partition coefficient (Wildman–Crippen LogP) is -2.16. The molecule has 0 unspecified atom stereocenters. The molecule has 0 saturated carbocycles. The highest BCUT2D eigenvalue weighted by molar-refractivity contribution is 6.02. The Kier molecular flexibility index (Phi) is 8.82. The fourth-order valence-corrected chi connectivity index (χ4v) is 4.40. The SMILES string of the molecule is CCc1ccc(NC(=O)C2=C[C@H](O)[C@H](O)[C@@H](O[C@@H](C(N)=O)[C@H]3O[C@@H](n4ccc(=O)[nH]c4=O)[C@H](O)[C@@H]3OC)O2)cc1. The number of aryl methyl sites for hydroxylation is 1. The zero-order valence-corrected chi connectivity index (χ0v) is 21.5. The largest absolute Gasteiger partial charge is 0.456 e. The molecule has 0 spiro atoms. The lowest BCUT2D eigenvalue weighted by molar-refractivity contribution is -0.241. The van der Waals surface area contributed by atoms with Gasteiger partial charge in [0.2, 0.25) is 12.2 Å². The number of hydrogen-bond acceptors (Lipinski definition) is 11. The lowest BCUT2D eigenvalue weighted by atomic mass is 10.0. The highest BCUT2D eigenvalue weighted by Crippen LogP contribution is 2.34. The molecule has 4 rings (SSSR count). The van der Waals surface area contributed by atoms with Gasteiger partial charge in [0.1, 0.15) is 30.5 Å². The van der Waals surface area contributed by atoms with Gasteiger partial charge >= 0.3 is 5.69 Å². The van der Waals surface area contributed by atoms with Crippen molar-refractivity contribution in [2.45, 2.75) is 62.5 Å². The van der Waals surface area contributed by atoms with Gasteiger partial charge in [-0.2, -0.15) is 0 Å². The van der Waals surface area contributed by atoms with E-state index in [0.29, 0.717) is 5.69 Å². The topological polar surface area (TPSA) is 225 Å². The van der Waals surface area contributed by atoms with Crippen LogP contribution in [0.2, 0.25) is 0 Å². The minimum atomic E-state index is -1.78. The molecule has 216 valence electrons. The van der Waals surface area contributed by atoms with Crippen molar-refractivity contribution in [1.29, 1.82) is 0 Å². The van der Waals surface area contributed by atoms with Crippen molar-refractivity contribution >= 4 is 17.5 Å². The van der Waals surface area contributed by atoms with Crippen LogP contribution in [0, 0.1) is 0 Å². The highest BCUT2D eigenvalue weighted by Gasteiger charge is 2.52. The number of benzene rings is 1. The van der Waals surface area contributed by atoms with Crippen molar-refractivity contribution in [2.75, 3.05) is 12.4 Å². The van der Waals surface area contributed by atoms with Crippen molar-refractivity contribution < 1.29 is 43.9 Å². The Bertz CT molecular complexity index is 1370. The van der Waals surface area contributed by atoms with Crippen LogP contribution >= 0.6 is 0 Å². The molecule has 15 heteroatoms. The molecule has 1 fully saturated rings. The molecule has 2 aliphatic heterocycles. The van der Waals surface area contributed by atoms with Crippen LogP contribution in [-0.4, -0.2) is 86.7 Å². The van der Waals surface area contributed by atoms with Crippen molar-refractivity contribution in [3.05, 3.63) is 74.8 Å². The molecule has 1 aromatic heterocycles. The van der Waals surface area contributed by atoms with Crippen LogP contribution in [0.1, 0.15) is 18.7 Å². The molecular formula is C25H30N4O11. The molecule has 8 atom stereocenters. The Morgan fingerprint density at radius 2 is 1.85 bits per heavy atom. The molecule has 1 aromatic carbocycles. The van der Waals surface area contributed by atoms with E-state index in [1.54, 1.807) is 12.1 Å². The Morgan fingerprint density at radius 1 is 1.15 bits per heavy atom. The molecule has 2 aliphatic rings. The number of aliphatic hydroxyl groups is 3. The van der Waals surface area contributed by atoms with E-state index in [2.05, 4.69) is 5.32 Å². The summed E-state index contributed by atoms with van der Waals surface area (Å²) >= 11 is 0. The van der Waals surface area contributed by atoms with Gasteiger partial charge in [-0.15, -0.1) is 0 Å². The van der Waals surface area contributed by atoms with Crippen molar-refractivity contribution in [1.82, 2.24) is 9.55 Å². The van der Waals surface area contributed by atoms with Gasteiger partial charge in [-0.1, -0.05) is 19.1 Å². The fraction of sp³-hybridized carbons (Fsp3) is 0.440. The summed E-state index contributed by atoms with van der Waals surface area (Å²) in [6, 6.07) is 8.04. The Hall–Kier alpha value is -3.86. The number of amides is 2. The maximum atomic E-state index is 12.8. The summed E-state index contributed by atoms with van der Waals surface area (Å²) < 4.78 is 23.0. The van der Waals surface area contributed by atoms with Crippen molar-refractivity contribution in [3.8, 4) is 0 Å². The summed E-state index contributed by atoms with van der Waals surface area (Å²) in [5, 5.41) is 34.2. The zero-order valence-electron chi connectivity index (χ0n) is 21.5. The number of carbonyl (C=O) groups is 2. The Balaban J connectivity index is 1.53. The van der Waals surface area contributed by atoms with Gasteiger partial charge < -0.3 is 45.3 Å². The van der Waals surface area contributed by atoms with E-state index in [1.165, 1.54) is 7.11 Å². The standard InChI is InChI=1S/C25H30N4O11/c1-3-11-4-6-12(7-5-11)27-22(35)14-10-13(30)16(32)24(38-14)40-20(21(26)34)19-18(37-2)17(33)23(39-19)29-9-8-15(31)28-25(29)36/h4-10,13,16-20,23-24,30,32-33H,3H2,1-2H3,(H2,26,34)(H,27,35)(H,28,31,36)/t13-,16-,17+,18-,19-,20+,23+,24+/m0/s1. The van der Waals surface area contributed by atoms with Gasteiger partial charge in [0.15, 0.2) is 18.1 Å². The number of H-pyrrole nitrogens is 1. The molecule has 15 nitrogen and oxygen atoms in total. The second-order valence-electron chi connectivity index (χ2n) is 9.16. The van der Waals surface area contributed by atoms with Crippen LogP contribution in [-0.2, 0) is 35.0 Å². The molecule has 2 amide bonds. The third-order valence-electron chi connectivity index (χ3n) is 6.54. The predicted molar refractivity (Wildman–Crippen MR) is 136 cm³/mol. The summed E-state index contributed by atoms with van der Waals surface area (Å²) in [6.07, 6.45) is -9.76. The Morgan fingerprint density at radius 3 is 2.45 bits per heavy atom. The maximum absolute atomic E-state index is 12.8. The number of aliphatic hydroxyl groups excluding tert-OH is 3. The zero-order chi connectivity index (χ0) is 29.1. The lowest BCUT2D eigenvalue weighted by Gasteiger charge is -2.35. The smallest absolute Gasteiger partial charge is 0.330 e. The molecule has 0 aliphatic carbocycles. The van der Waals surface area contributed by atoms with E-state index in [9.17, 15) is 34.5 Å². The lowest BCUT2D eigenvalue weighted by Crippen LogP contribution is -2.53. The number of anilines is 1. The van der Waals surface area contributed by atoms with Gasteiger partial charge in [-0.3, -0.25) is 23.9 Å². The number of primary amides is 1. The molecule has 40 heavy (non-hydrogen) atoms. The minimum Gasteiger partial charge on any atom is -0.456 e. The third-order valence-corrected chi connectivity index (χ3v) is 6.54. The molecule has 7 N–H and O–H groups in total. The van der Waals surface area contributed by atoms with E-state index in [0.717, 1.165) is 34.9 Å². The Labute approximate surface area is 226 Å². The first-order valence-electron chi connectivity index (χ1n) is 12.3. The first-order chi connectivity index (χ1) is 19.0. The number of aromatic amines is 1. The number of nitrogens with zero attached hydrogens (tertiary/aromatic N) is 1. The average molecular weight is 563 g/mol. The quantitative estimate of drug-likeness (QED) is 0.193. The number of nitrogens with two attached hydrogens (primary N) is 1. The van der Waals surface area contributed by atoms with Gasteiger partial charge in [0.25, 0.3) is 11.5 Å². The average Bonchev–Trinajstić information content (AvgIpc) is 3.24. The molecule has 1 saturated heterocycles. The number of hydrogen-bond donors (Lipinski definition) is 6. The second-order valence-corrected chi connectivity index (χ2v) is 9.16. The molecule has 0 bridgehead atoms. The van der Waals surface area contributed by atoms with E-state index in [-0.39, 0.29) is 0 Å². The third kappa shape index (κ3) is 5.99. The van der Waals surface area contributed by atoms with Crippen LogP contribution in [0.15, 0.2) is 58.0 Å². The van der Waals surface area contributed by atoms with E-state index < -0.39 is 78.0 Å². The number of nitrogens with one attached hydrogen (secondary N) is 2. The molecule has 0 radical (unpaired) electrons. The monoisotopic (exact) mass is 562 g/mol. The van der Waals surface area contributed by atoms with E-state index in [1.807, 2.05) is 24.0 Å². The first-order valence-corrected chi connectivity index (χ1v) is 12.3. The van der Waals surface area contributed by atoms with Crippen LogP contribution < -0.4 is 22.3 Å². The van der Waals surface area contributed by atoms with E-state index >= 15 is 0 Å². The first kappa shape index (κ1) is 29.1. The van der Waals surface area contributed by atoms with Gasteiger partial charge in [-0.05, 0) is 30.2 Å². The number of carbonyl (C=O) groups excluding carboxylic acids is 2. The summed E-state index contributed by atoms with van der Waals surface area (Å²) in [4.78, 5) is 51.0. The minimum absolute atomic E-state index is 0.404. The molecule has 3 heterocycles. The molecular weight excluding hydrogens is 532 g/mol. The molecule has 2 aromatic rings. The van der Waals surface area contributed by atoms with Crippen LogP contribution in [0.5, 0.6) is 0 Å². The number of rotatable bonds is 9. The summed E-state index contributed by atoms with van der Waals surface area (Å²) in [5.41, 5.74) is 5.46. The summed E-state index contributed by atoms with van der Waals surface area (Å²) in [5.74, 6) is -2.30. The van der Waals surface area contributed by atoms with Gasteiger partial charge in [0, 0.05) is 25.1 Å². The van der Waals surface area contributed by atoms with Crippen molar-refractivity contribution in [3.63, 3.8) is 0 Å². The van der Waals surface area contributed by atoms with Crippen LogP contribution in [0.25, 0.3) is 0 Å². The summed E-state index contributed by atoms with van der Waals surface area (Å²) in [6.45, 7) is 1.98. The number of aromatic nitrogens is 2. The highest BCUT2D eigenvalue weighted by atomic mass is 16.7. The van der Waals surface area contributed by atoms with Crippen LogP contribution in [0.4, 0.5) is 5.69 Å². The fourth-order valence-electron chi connectivity index (χ4n) is 4.40. The number of methoxy groups -OCH3 is 1. The van der Waals surface area contributed by atoms with Crippen molar-refractivity contribution in [2.24, 2.45) is 5.73 Å². The van der Waals surface area contributed by atoms with Gasteiger partial charge in [-0.25, -0.2) is 4.79 Å².